The monoisotopic (exact) mass is 191 g/mol. The molecule has 0 aliphatic rings. The topological polar surface area (TPSA) is 9.23 Å². The number of hydrogen-bond acceptors (Lipinski definition) is 1. The molecule has 0 heterocycles. The lowest BCUT2D eigenvalue weighted by Gasteiger charge is -2.02. The van der Waals surface area contributed by atoms with Crippen molar-refractivity contribution < 1.29 is 4.74 Å². The molecule has 0 bridgehead atoms. The van der Waals surface area contributed by atoms with Crippen molar-refractivity contribution in [2.45, 2.75) is 25.7 Å². The summed E-state index contributed by atoms with van der Waals surface area (Å²) in [6.07, 6.45) is 4.84. The maximum absolute atomic E-state index is 5.17. The highest BCUT2D eigenvalue weighted by atomic mass is 16.5. The fraction of sp³-hybridized carbons (Fsp3) is 0.462. The Morgan fingerprint density at radius 1 is 1.00 bits per heavy atom. The zero-order valence-corrected chi connectivity index (χ0v) is 8.74. The average molecular weight is 191 g/mol. The molecule has 1 aromatic rings. The molecule has 0 spiro atoms. The van der Waals surface area contributed by atoms with E-state index in [0.717, 1.165) is 13.0 Å². The highest BCUT2D eigenvalue weighted by molar-refractivity contribution is 5.14. The summed E-state index contributed by atoms with van der Waals surface area (Å²) in [5.41, 5.74) is 1.44. The molecule has 0 unspecified atom stereocenters. The molecule has 0 aliphatic heterocycles. The normalized spacial score (nSPS) is 10.4. The number of hydrogen-bond donors (Lipinski definition) is 0. The summed E-state index contributed by atoms with van der Waals surface area (Å²) in [5, 5.41) is 0. The van der Waals surface area contributed by atoms with Gasteiger partial charge in [-0.2, -0.15) is 0 Å². The van der Waals surface area contributed by atoms with Gasteiger partial charge < -0.3 is 4.74 Å². The first-order valence-corrected chi connectivity index (χ1v) is 5.34. The number of rotatable bonds is 7. The van der Waals surface area contributed by atoms with Crippen molar-refractivity contribution in [3.8, 4) is 0 Å². The van der Waals surface area contributed by atoms with Gasteiger partial charge in [-0.3, -0.25) is 0 Å². The highest BCUT2D eigenvalue weighted by Crippen LogP contribution is 2.05. The summed E-state index contributed by atoms with van der Waals surface area (Å²) in [7, 11) is 0. The Morgan fingerprint density at radius 2 is 1.79 bits per heavy atom. The lowest BCUT2D eigenvalue weighted by Crippen LogP contribution is -1.94. The lowest BCUT2D eigenvalue weighted by atomic mass is 10.1. The summed E-state index contributed by atoms with van der Waals surface area (Å²) in [4.78, 5) is 0. The van der Waals surface area contributed by atoms with E-state index in [4.69, 9.17) is 4.74 Å². The lowest BCUT2D eigenvalue weighted by molar-refractivity contribution is 0.156. The molecule has 0 saturated heterocycles. The van der Waals surface area contributed by atoms with E-state index in [1.807, 2.05) is 0 Å². The maximum Gasteiger partial charge on any atom is 0.0466 e. The van der Waals surface area contributed by atoms with Crippen molar-refractivity contribution in [2.24, 2.45) is 0 Å². The molecule has 1 radical (unpaired) electrons. The Bertz CT molecular complexity index is 218. The molecule has 0 fully saturated rings. The maximum atomic E-state index is 5.17. The van der Waals surface area contributed by atoms with Gasteiger partial charge in [-0.05, 0) is 31.7 Å². The van der Waals surface area contributed by atoms with Gasteiger partial charge in [0.05, 0.1) is 0 Å². The van der Waals surface area contributed by atoms with Crippen LogP contribution in [-0.2, 0) is 11.2 Å². The van der Waals surface area contributed by atoms with Gasteiger partial charge in [0.2, 0.25) is 0 Å². The molecule has 1 rings (SSSR count). The minimum atomic E-state index is 0.596. The number of benzene rings is 1. The predicted molar refractivity (Wildman–Crippen MR) is 60.2 cm³/mol. The van der Waals surface area contributed by atoms with Crippen LogP contribution in [0.25, 0.3) is 0 Å². The molecule has 1 nitrogen and oxygen atoms in total. The Labute approximate surface area is 87.1 Å². The molecule has 0 saturated carbocycles. The zero-order chi connectivity index (χ0) is 10.1. The van der Waals surface area contributed by atoms with E-state index >= 15 is 0 Å². The van der Waals surface area contributed by atoms with Crippen LogP contribution in [0.2, 0.25) is 0 Å². The largest absolute Gasteiger partial charge is 0.381 e. The standard InChI is InChI=1S/C13H19O/c1-2-14-12-8-4-7-11-13-9-5-3-6-10-13/h3,5-6,9-10H,1-2,4,7-8,11-12H2. The third-order valence-corrected chi connectivity index (χ3v) is 2.24. The second-order valence-electron chi connectivity index (χ2n) is 3.41. The van der Waals surface area contributed by atoms with E-state index in [-0.39, 0.29) is 0 Å². The highest BCUT2D eigenvalue weighted by Gasteiger charge is 1.92. The molecule has 1 heteroatoms. The van der Waals surface area contributed by atoms with Gasteiger partial charge in [0.1, 0.15) is 0 Å². The Morgan fingerprint density at radius 3 is 2.50 bits per heavy atom. The summed E-state index contributed by atoms with van der Waals surface area (Å²) in [6, 6.07) is 10.6. The van der Waals surface area contributed by atoms with Crippen molar-refractivity contribution in [3.63, 3.8) is 0 Å². The summed E-state index contributed by atoms with van der Waals surface area (Å²) >= 11 is 0. The molecular weight excluding hydrogens is 172 g/mol. The molecule has 0 amide bonds. The van der Waals surface area contributed by atoms with Crippen molar-refractivity contribution in [2.75, 3.05) is 13.2 Å². The molecule has 77 valence electrons. The van der Waals surface area contributed by atoms with E-state index in [0.29, 0.717) is 6.61 Å². The van der Waals surface area contributed by atoms with Gasteiger partial charge in [-0.25, -0.2) is 0 Å². The number of ether oxygens (including phenoxy) is 1. The van der Waals surface area contributed by atoms with Gasteiger partial charge in [0, 0.05) is 13.2 Å². The zero-order valence-electron chi connectivity index (χ0n) is 8.74. The molecule has 1 aromatic carbocycles. The molecule has 0 aromatic heterocycles. The minimum Gasteiger partial charge on any atom is -0.381 e. The second kappa shape index (κ2) is 7.57. The average Bonchev–Trinajstić information content (AvgIpc) is 2.25. The smallest absolute Gasteiger partial charge is 0.0466 e. The predicted octanol–water partition coefficient (Wildman–Crippen LogP) is 3.25. The van der Waals surface area contributed by atoms with Crippen molar-refractivity contribution in [3.05, 3.63) is 42.8 Å². The van der Waals surface area contributed by atoms with Gasteiger partial charge in [-0.15, -0.1) is 0 Å². The number of unbranched alkanes of at least 4 members (excludes halogenated alkanes) is 2. The van der Waals surface area contributed by atoms with Crippen molar-refractivity contribution >= 4 is 0 Å². The first kappa shape index (κ1) is 11.3. The van der Waals surface area contributed by atoms with Crippen LogP contribution in [0.1, 0.15) is 24.8 Å². The third-order valence-electron chi connectivity index (χ3n) is 2.24. The molecule has 14 heavy (non-hydrogen) atoms. The molecular formula is C13H19O. The van der Waals surface area contributed by atoms with Crippen LogP contribution in [-0.4, -0.2) is 13.2 Å². The van der Waals surface area contributed by atoms with E-state index in [9.17, 15) is 0 Å². The van der Waals surface area contributed by atoms with E-state index < -0.39 is 0 Å². The summed E-state index contributed by atoms with van der Waals surface area (Å²) in [5.74, 6) is 0. The first-order chi connectivity index (χ1) is 6.93. The minimum absolute atomic E-state index is 0.596. The van der Waals surface area contributed by atoms with Crippen LogP contribution in [0, 0.1) is 6.92 Å². The first-order valence-electron chi connectivity index (χ1n) is 5.34. The van der Waals surface area contributed by atoms with Crippen LogP contribution in [0.15, 0.2) is 30.3 Å². The second-order valence-corrected chi connectivity index (χ2v) is 3.41. The van der Waals surface area contributed by atoms with Crippen LogP contribution in [0.4, 0.5) is 0 Å². The summed E-state index contributed by atoms with van der Waals surface area (Å²) < 4.78 is 5.17. The Balaban J connectivity index is 1.99. The SMILES string of the molecule is [CH2]COCCCCCc1ccccc1. The fourth-order valence-electron chi connectivity index (χ4n) is 1.46. The molecule has 0 aliphatic carbocycles. The van der Waals surface area contributed by atoms with Gasteiger partial charge in [0.15, 0.2) is 0 Å². The third kappa shape index (κ3) is 5.03. The van der Waals surface area contributed by atoms with E-state index in [1.54, 1.807) is 0 Å². The van der Waals surface area contributed by atoms with Gasteiger partial charge >= 0.3 is 0 Å². The molecule has 0 atom stereocenters. The Hall–Kier alpha value is -0.820. The quantitative estimate of drug-likeness (QED) is 0.601. The summed E-state index contributed by atoms with van der Waals surface area (Å²) in [6.45, 7) is 5.08. The fourth-order valence-corrected chi connectivity index (χ4v) is 1.46. The van der Waals surface area contributed by atoms with E-state index in [1.165, 1.54) is 24.8 Å². The van der Waals surface area contributed by atoms with Crippen molar-refractivity contribution in [1.29, 1.82) is 0 Å². The number of aryl methyl sites for hydroxylation is 1. The van der Waals surface area contributed by atoms with Crippen LogP contribution < -0.4 is 0 Å². The molecule has 0 N–H and O–H groups in total. The van der Waals surface area contributed by atoms with E-state index in [2.05, 4.69) is 37.3 Å². The van der Waals surface area contributed by atoms with Gasteiger partial charge in [-0.1, -0.05) is 36.8 Å². The Kier molecular flexibility index (Phi) is 6.09. The van der Waals surface area contributed by atoms with Crippen LogP contribution in [0.3, 0.4) is 0 Å². The van der Waals surface area contributed by atoms with Crippen molar-refractivity contribution in [1.82, 2.24) is 0 Å². The van der Waals surface area contributed by atoms with Crippen LogP contribution in [0.5, 0.6) is 0 Å². The van der Waals surface area contributed by atoms with Gasteiger partial charge in [0.25, 0.3) is 0 Å². The van der Waals surface area contributed by atoms with Crippen LogP contribution >= 0.6 is 0 Å².